The van der Waals surface area contributed by atoms with Crippen molar-refractivity contribution in [3.63, 3.8) is 0 Å². The standard InChI is InChI=1S/C15H14N2O4/c1-9-12(7-16-21-9)14(18)17-8-11-5-3-2-4-10(11)6-13(17)15(19)20/h2-5,7,13H,6,8H2,1H3,(H,19,20). The fraction of sp³-hybridized carbons (Fsp3) is 0.267. The Kier molecular flexibility index (Phi) is 3.21. The van der Waals surface area contributed by atoms with Gasteiger partial charge in [0.25, 0.3) is 5.91 Å². The largest absolute Gasteiger partial charge is 0.480 e. The minimum Gasteiger partial charge on any atom is -0.480 e. The van der Waals surface area contributed by atoms with Gasteiger partial charge in [-0.05, 0) is 18.1 Å². The molecule has 1 aliphatic rings. The van der Waals surface area contributed by atoms with Crippen LogP contribution in [0.3, 0.4) is 0 Å². The van der Waals surface area contributed by atoms with Gasteiger partial charge >= 0.3 is 5.97 Å². The average molecular weight is 286 g/mol. The van der Waals surface area contributed by atoms with Crippen LogP contribution in [0, 0.1) is 6.92 Å². The van der Waals surface area contributed by atoms with Crippen molar-refractivity contribution < 1.29 is 19.2 Å². The number of carboxylic acids is 1. The molecule has 108 valence electrons. The molecule has 1 aromatic carbocycles. The van der Waals surface area contributed by atoms with E-state index in [9.17, 15) is 14.7 Å². The van der Waals surface area contributed by atoms with Gasteiger partial charge in [-0.25, -0.2) is 4.79 Å². The maximum absolute atomic E-state index is 12.6. The number of carbonyl (C=O) groups excluding carboxylic acids is 1. The molecule has 0 bridgehead atoms. The van der Waals surface area contributed by atoms with Gasteiger partial charge in [-0.2, -0.15) is 0 Å². The number of carboxylic acid groups (broad SMARTS) is 1. The zero-order chi connectivity index (χ0) is 15.0. The number of carbonyl (C=O) groups is 2. The molecule has 6 heteroatoms. The third-order valence-electron chi connectivity index (χ3n) is 3.78. The molecular formula is C15H14N2O4. The minimum atomic E-state index is -1.01. The summed E-state index contributed by atoms with van der Waals surface area (Å²) in [5.74, 6) is -0.981. The Bertz CT molecular complexity index is 707. The highest BCUT2D eigenvalue weighted by Crippen LogP contribution is 2.25. The Morgan fingerprint density at radius 3 is 2.67 bits per heavy atom. The van der Waals surface area contributed by atoms with Crippen LogP contribution in [-0.4, -0.2) is 33.1 Å². The number of amides is 1. The summed E-state index contributed by atoms with van der Waals surface area (Å²) in [5, 5.41) is 13.0. The zero-order valence-electron chi connectivity index (χ0n) is 11.4. The molecule has 0 spiro atoms. The molecule has 1 N–H and O–H groups in total. The predicted octanol–water partition coefficient (Wildman–Crippen LogP) is 1.63. The zero-order valence-corrected chi connectivity index (χ0v) is 11.4. The van der Waals surface area contributed by atoms with Gasteiger partial charge in [0.15, 0.2) is 0 Å². The summed E-state index contributed by atoms with van der Waals surface area (Å²) in [7, 11) is 0. The molecule has 1 aliphatic heterocycles. The first kappa shape index (κ1) is 13.4. The van der Waals surface area contributed by atoms with E-state index in [2.05, 4.69) is 5.16 Å². The molecule has 0 saturated heterocycles. The Balaban J connectivity index is 1.98. The van der Waals surface area contributed by atoms with Crippen LogP contribution in [0.4, 0.5) is 0 Å². The quantitative estimate of drug-likeness (QED) is 0.907. The van der Waals surface area contributed by atoms with Gasteiger partial charge in [-0.15, -0.1) is 0 Å². The van der Waals surface area contributed by atoms with Crippen LogP contribution in [-0.2, 0) is 17.8 Å². The summed E-state index contributed by atoms with van der Waals surface area (Å²) in [5.41, 5.74) is 2.24. The number of hydrogen-bond acceptors (Lipinski definition) is 4. The van der Waals surface area contributed by atoms with Crippen LogP contribution >= 0.6 is 0 Å². The lowest BCUT2D eigenvalue weighted by Crippen LogP contribution is -2.48. The van der Waals surface area contributed by atoms with Crippen molar-refractivity contribution in [3.8, 4) is 0 Å². The van der Waals surface area contributed by atoms with Crippen molar-refractivity contribution in [2.75, 3.05) is 0 Å². The lowest BCUT2D eigenvalue weighted by atomic mass is 9.93. The summed E-state index contributed by atoms with van der Waals surface area (Å²) in [4.78, 5) is 25.4. The molecule has 2 aromatic rings. The average Bonchev–Trinajstić information content (AvgIpc) is 2.91. The van der Waals surface area contributed by atoms with Crippen molar-refractivity contribution in [1.29, 1.82) is 0 Å². The molecule has 0 radical (unpaired) electrons. The second-order valence-corrected chi connectivity index (χ2v) is 5.06. The fourth-order valence-corrected chi connectivity index (χ4v) is 2.62. The highest BCUT2D eigenvalue weighted by atomic mass is 16.5. The molecule has 0 saturated carbocycles. The number of hydrogen-bond donors (Lipinski definition) is 1. The normalized spacial score (nSPS) is 17.4. The van der Waals surface area contributed by atoms with E-state index in [1.165, 1.54) is 11.1 Å². The van der Waals surface area contributed by atoms with Crippen LogP contribution < -0.4 is 0 Å². The van der Waals surface area contributed by atoms with Crippen molar-refractivity contribution in [3.05, 3.63) is 52.9 Å². The van der Waals surface area contributed by atoms with Crippen molar-refractivity contribution in [2.45, 2.75) is 25.9 Å². The summed E-state index contributed by atoms with van der Waals surface area (Å²) >= 11 is 0. The van der Waals surface area contributed by atoms with Gasteiger partial charge in [0.2, 0.25) is 0 Å². The van der Waals surface area contributed by atoms with Crippen LogP contribution in [0.15, 0.2) is 35.0 Å². The highest BCUT2D eigenvalue weighted by Gasteiger charge is 2.35. The maximum Gasteiger partial charge on any atom is 0.326 e. The number of aromatic nitrogens is 1. The number of aliphatic carboxylic acids is 1. The van der Waals surface area contributed by atoms with E-state index in [1.807, 2.05) is 24.3 Å². The van der Waals surface area contributed by atoms with E-state index in [0.717, 1.165) is 11.1 Å². The number of rotatable bonds is 2. The lowest BCUT2D eigenvalue weighted by molar-refractivity contribution is -0.142. The van der Waals surface area contributed by atoms with Gasteiger partial charge in [-0.1, -0.05) is 29.4 Å². The number of aryl methyl sites for hydroxylation is 1. The summed E-state index contributed by atoms with van der Waals surface area (Å²) in [6.07, 6.45) is 1.64. The summed E-state index contributed by atoms with van der Waals surface area (Å²) in [6, 6.07) is 6.69. The number of benzene rings is 1. The number of fused-ring (bicyclic) bond motifs is 1. The van der Waals surface area contributed by atoms with E-state index in [-0.39, 0.29) is 12.5 Å². The fourth-order valence-electron chi connectivity index (χ4n) is 2.62. The minimum absolute atomic E-state index is 0.274. The van der Waals surface area contributed by atoms with E-state index in [0.29, 0.717) is 17.7 Å². The van der Waals surface area contributed by atoms with E-state index < -0.39 is 12.0 Å². The summed E-state index contributed by atoms with van der Waals surface area (Å²) < 4.78 is 4.90. The Morgan fingerprint density at radius 2 is 2.05 bits per heavy atom. The van der Waals surface area contributed by atoms with E-state index in [1.54, 1.807) is 6.92 Å². The van der Waals surface area contributed by atoms with Crippen molar-refractivity contribution in [2.24, 2.45) is 0 Å². The third-order valence-corrected chi connectivity index (χ3v) is 3.78. The van der Waals surface area contributed by atoms with Crippen molar-refractivity contribution in [1.82, 2.24) is 10.1 Å². The highest BCUT2D eigenvalue weighted by molar-refractivity contribution is 5.97. The molecule has 1 amide bonds. The Morgan fingerprint density at radius 1 is 1.33 bits per heavy atom. The van der Waals surface area contributed by atoms with Gasteiger partial charge in [0.05, 0.1) is 6.20 Å². The van der Waals surface area contributed by atoms with Gasteiger partial charge < -0.3 is 14.5 Å². The van der Waals surface area contributed by atoms with Gasteiger partial charge in [-0.3, -0.25) is 4.79 Å². The van der Waals surface area contributed by atoms with Crippen LogP contribution in [0.25, 0.3) is 0 Å². The molecule has 3 rings (SSSR count). The molecular weight excluding hydrogens is 272 g/mol. The molecule has 21 heavy (non-hydrogen) atoms. The predicted molar refractivity (Wildman–Crippen MR) is 72.7 cm³/mol. The topological polar surface area (TPSA) is 83.6 Å². The van der Waals surface area contributed by atoms with E-state index >= 15 is 0 Å². The van der Waals surface area contributed by atoms with Crippen LogP contribution in [0.2, 0.25) is 0 Å². The Labute approximate surface area is 121 Å². The smallest absolute Gasteiger partial charge is 0.326 e. The SMILES string of the molecule is Cc1oncc1C(=O)N1Cc2ccccc2CC1C(=O)O. The maximum atomic E-state index is 12.6. The molecule has 1 atom stereocenters. The first-order chi connectivity index (χ1) is 10.1. The lowest BCUT2D eigenvalue weighted by Gasteiger charge is -2.34. The molecule has 0 fully saturated rings. The Hall–Kier alpha value is -2.63. The molecule has 1 unspecified atom stereocenters. The van der Waals surface area contributed by atoms with Crippen LogP contribution in [0.5, 0.6) is 0 Å². The molecule has 2 heterocycles. The second kappa shape index (κ2) is 5.05. The monoisotopic (exact) mass is 286 g/mol. The first-order valence-electron chi connectivity index (χ1n) is 6.59. The molecule has 6 nitrogen and oxygen atoms in total. The van der Waals surface area contributed by atoms with E-state index in [4.69, 9.17) is 4.52 Å². The molecule has 1 aromatic heterocycles. The van der Waals surface area contributed by atoms with Crippen molar-refractivity contribution >= 4 is 11.9 Å². The molecule has 0 aliphatic carbocycles. The first-order valence-corrected chi connectivity index (χ1v) is 6.59. The van der Waals surface area contributed by atoms with Gasteiger partial charge in [0, 0.05) is 13.0 Å². The van der Waals surface area contributed by atoms with Gasteiger partial charge in [0.1, 0.15) is 17.4 Å². The number of nitrogens with zero attached hydrogens (tertiary/aromatic N) is 2. The second-order valence-electron chi connectivity index (χ2n) is 5.06. The van der Waals surface area contributed by atoms with Crippen LogP contribution in [0.1, 0.15) is 27.2 Å². The third kappa shape index (κ3) is 2.29. The summed E-state index contributed by atoms with van der Waals surface area (Å²) in [6.45, 7) is 1.91.